The standard InChI is InChI=1S/C10H14F2O4S.CH4O/c1-4-7(13)15-5-9(2,3)8(14)16-6-10(11,12)17;1-2/h4,17H,1,5-6H2,2-3H3;2H,1H3. The van der Waals surface area contributed by atoms with Crippen LogP contribution in [0.3, 0.4) is 0 Å². The van der Waals surface area contributed by atoms with Crippen LogP contribution >= 0.6 is 12.6 Å². The summed E-state index contributed by atoms with van der Waals surface area (Å²) in [5, 5.41) is 3.61. The number of alkyl halides is 2. The van der Waals surface area contributed by atoms with E-state index in [1.54, 1.807) is 0 Å². The van der Waals surface area contributed by atoms with Crippen molar-refractivity contribution in [2.45, 2.75) is 19.1 Å². The Morgan fingerprint density at radius 2 is 1.74 bits per heavy atom. The lowest BCUT2D eigenvalue weighted by molar-refractivity contribution is -0.164. The maximum atomic E-state index is 12.3. The van der Waals surface area contributed by atoms with Gasteiger partial charge < -0.3 is 14.6 Å². The van der Waals surface area contributed by atoms with Gasteiger partial charge in [0.1, 0.15) is 6.61 Å². The van der Waals surface area contributed by atoms with Crippen LogP contribution in [0, 0.1) is 5.41 Å². The lowest BCUT2D eigenvalue weighted by Gasteiger charge is -2.22. The smallest absolute Gasteiger partial charge is 0.330 e. The first-order chi connectivity index (χ1) is 8.58. The summed E-state index contributed by atoms with van der Waals surface area (Å²) in [6, 6.07) is 0. The molecule has 0 bridgehead atoms. The normalized spacial score (nSPS) is 10.9. The van der Waals surface area contributed by atoms with Crippen molar-refractivity contribution in [2.24, 2.45) is 5.41 Å². The maximum Gasteiger partial charge on any atom is 0.330 e. The number of carbonyl (C=O) groups excluding carboxylic acids is 2. The molecule has 8 heteroatoms. The Labute approximate surface area is 116 Å². The van der Waals surface area contributed by atoms with Crippen LogP contribution in [0.5, 0.6) is 0 Å². The van der Waals surface area contributed by atoms with Crippen LogP contribution in [-0.2, 0) is 19.1 Å². The molecule has 0 aliphatic heterocycles. The van der Waals surface area contributed by atoms with Gasteiger partial charge in [-0.1, -0.05) is 6.58 Å². The highest BCUT2D eigenvalue weighted by atomic mass is 32.1. The molecule has 5 nitrogen and oxygen atoms in total. The van der Waals surface area contributed by atoms with Crippen LogP contribution in [0.1, 0.15) is 13.8 Å². The Morgan fingerprint density at radius 3 is 2.11 bits per heavy atom. The molecule has 0 saturated heterocycles. The van der Waals surface area contributed by atoms with E-state index >= 15 is 0 Å². The number of ether oxygens (including phenoxy) is 2. The second-order valence-electron chi connectivity index (χ2n) is 3.94. The number of esters is 2. The summed E-state index contributed by atoms with van der Waals surface area (Å²) in [6.07, 6.45) is 0.934. The number of hydrogen-bond donors (Lipinski definition) is 2. The van der Waals surface area contributed by atoms with E-state index in [0.29, 0.717) is 0 Å². The summed E-state index contributed by atoms with van der Waals surface area (Å²) in [6.45, 7) is 4.57. The van der Waals surface area contributed by atoms with Gasteiger partial charge in [-0.05, 0) is 13.8 Å². The van der Waals surface area contributed by atoms with Crippen molar-refractivity contribution in [3.05, 3.63) is 12.7 Å². The van der Waals surface area contributed by atoms with Crippen molar-refractivity contribution in [1.82, 2.24) is 0 Å². The molecule has 0 amide bonds. The number of aliphatic hydroxyl groups excluding tert-OH is 1. The number of aliphatic hydroxyl groups is 1. The molecule has 0 aliphatic rings. The third kappa shape index (κ3) is 10.5. The highest BCUT2D eigenvalue weighted by Gasteiger charge is 2.34. The average Bonchev–Trinajstić information content (AvgIpc) is 2.34. The molecule has 0 aliphatic carbocycles. The first kappa shape index (κ1) is 20.2. The van der Waals surface area contributed by atoms with Crippen molar-refractivity contribution >= 4 is 24.6 Å². The van der Waals surface area contributed by atoms with Crippen LogP contribution in [0.15, 0.2) is 12.7 Å². The predicted molar refractivity (Wildman–Crippen MR) is 68.0 cm³/mol. The summed E-state index contributed by atoms with van der Waals surface area (Å²) >= 11 is 2.92. The minimum Gasteiger partial charge on any atom is -0.461 e. The van der Waals surface area contributed by atoms with Gasteiger partial charge in [-0.15, -0.1) is 12.6 Å². The first-order valence-corrected chi connectivity index (χ1v) is 5.54. The van der Waals surface area contributed by atoms with E-state index in [9.17, 15) is 18.4 Å². The van der Waals surface area contributed by atoms with Crippen molar-refractivity contribution in [3.8, 4) is 0 Å². The molecule has 0 aromatic rings. The molecule has 0 fully saturated rings. The van der Waals surface area contributed by atoms with Gasteiger partial charge >= 0.3 is 17.2 Å². The Balaban J connectivity index is 0. The van der Waals surface area contributed by atoms with Crippen molar-refractivity contribution in [2.75, 3.05) is 20.3 Å². The van der Waals surface area contributed by atoms with Gasteiger partial charge in [0.05, 0.1) is 5.41 Å². The van der Waals surface area contributed by atoms with Gasteiger partial charge in [0.25, 0.3) is 0 Å². The molecular weight excluding hydrogens is 282 g/mol. The van der Waals surface area contributed by atoms with Crippen LogP contribution < -0.4 is 0 Å². The molecule has 1 N–H and O–H groups in total. The Kier molecular flexibility index (Phi) is 9.41. The van der Waals surface area contributed by atoms with Gasteiger partial charge in [0.2, 0.25) is 0 Å². The zero-order chi connectivity index (χ0) is 15.7. The monoisotopic (exact) mass is 300 g/mol. The Morgan fingerprint density at radius 1 is 1.26 bits per heavy atom. The number of thiol groups is 1. The van der Waals surface area contributed by atoms with E-state index in [1.807, 2.05) is 0 Å². The number of hydrogen-bond acceptors (Lipinski definition) is 6. The summed E-state index contributed by atoms with van der Waals surface area (Å²) in [5.74, 6) is -1.60. The van der Waals surface area contributed by atoms with Gasteiger partial charge in [-0.2, -0.15) is 8.78 Å². The highest BCUT2D eigenvalue weighted by Crippen LogP contribution is 2.22. The molecule has 0 saturated carbocycles. The van der Waals surface area contributed by atoms with E-state index < -0.39 is 29.2 Å². The summed E-state index contributed by atoms with van der Waals surface area (Å²) in [5.41, 5.74) is -1.21. The van der Waals surface area contributed by atoms with Gasteiger partial charge in [-0.3, -0.25) is 4.79 Å². The van der Waals surface area contributed by atoms with E-state index in [-0.39, 0.29) is 6.61 Å². The zero-order valence-electron chi connectivity index (χ0n) is 11.0. The van der Waals surface area contributed by atoms with Gasteiger partial charge in [0, 0.05) is 13.2 Å². The van der Waals surface area contributed by atoms with E-state index in [4.69, 9.17) is 5.11 Å². The lowest BCUT2D eigenvalue weighted by Crippen LogP contribution is -2.34. The fourth-order valence-electron chi connectivity index (χ4n) is 0.717. The molecule has 0 aromatic carbocycles. The third-order valence-electron chi connectivity index (χ3n) is 1.67. The second-order valence-corrected chi connectivity index (χ2v) is 4.59. The van der Waals surface area contributed by atoms with Gasteiger partial charge in [-0.25, -0.2) is 4.79 Å². The zero-order valence-corrected chi connectivity index (χ0v) is 11.9. The van der Waals surface area contributed by atoms with Crippen LogP contribution in [0.25, 0.3) is 0 Å². The highest BCUT2D eigenvalue weighted by molar-refractivity contribution is 7.81. The number of carbonyl (C=O) groups is 2. The van der Waals surface area contributed by atoms with Crippen LogP contribution in [-0.4, -0.2) is 42.6 Å². The van der Waals surface area contributed by atoms with Crippen LogP contribution in [0.4, 0.5) is 8.78 Å². The lowest BCUT2D eigenvalue weighted by atomic mass is 9.95. The van der Waals surface area contributed by atoms with Crippen molar-refractivity contribution < 1.29 is 33.0 Å². The van der Waals surface area contributed by atoms with Crippen molar-refractivity contribution in [1.29, 1.82) is 0 Å². The first-order valence-electron chi connectivity index (χ1n) is 5.10. The molecular formula is C11H18F2O5S. The molecule has 0 spiro atoms. The predicted octanol–water partition coefficient (Wildman–Crippen LogP) is 1.42. The topological polar surface area (TPSA) is 72.8 Å². The number of rotatable bonds is 6. The minimum atomic E-state index is -3.39. The molecule has 0 aromatic heterocycles. The fraction of sp³-hybridized carbons (Fsp3) is 0.636. The average molecular weight is 300 g/mol. The second kappa shape index (κ2) is 8.87. The molecule has 0 unspecified atom stereocenters. The third-order valence-corrected chi connectivity index (χ3v) is 1.80. The van der Waals surface area contributed by atoms with Crippen LogP contribution in [0.2, 0.25) is 0 Å². The molecule has 0 heterocycles. The van der Waals surface area contributed by atoms with Crippen molar-refractivity contribution in [3.63, 3.8) is 0 Å². The quantitative estimate of drug-likeness (QED) is 0.441. The summed E-state index contributed by atoms with van der Waals surface area (Å²) in [4.78, 5) is 22.2. The molecule has 112 valence electrons. The van der Waals surface area contributed by atoms with E-state index in [2.05, 4.69) is 28.7 Å². The largest absolute Gasteiger partial charge is 0.461 e. The molecule has 0 rings (SSSR count). The van der Waals surface area contributed by atoms with E-state index in [1.165, 1.54) is 13.8 Å². The Hall–Kier alpha value is -1.15. The number of halogens is 2. The minimum absolute atomic E-state index is 0.283. The molecule has 0 radical (unpaired) electrons. The maximum absolute atomic E-state index is 12.3. The summed E-state index contributed by atoms with van der Waals surface area (Å²) < 4.78 is 33.7. The fourth-order valence-corrected chi connectivity index (χ4v) is 0.782. The van der Waals surface area contributed by atoms with Gasteiger partial charge in [0.15, 0.2) is 6.61 Å². The summed E-state index contributed by atoms with van der Waals surface area (Å²) in [7, 11) is 1.00. The molecule has 0 atom stereocenters. The SMILES string of the molecule is C=CC(=O)OCC(C)(C)C(=O)OCC(F)(F)S.CO. The van der Waals surface area contributed by atoms with E-state index in [0.717, 1.165) is 13.2 Å². The molecule has 19 heavy (non-hydrogen) atoms. The Bertz CT molecular complexity index is 313.